The fraction of sp³-hybridized carbons (Fsp3) is 1.00. The van der Waals surface area contributed by atoms with Crippen LogP contribution < -0.4 is 0 Å². The van der Waals surface area contributed by atoms with Gasteiger partial charge in [0.05, 0.1) is 0 Å². The van der Waals surface area contributed by atoms with Crippen molar-refractivity contribution in [2.75, 3.05) is 19.8 Å². The van der Waals surface area contributed by atoms with E-state index in [4.69, 9.17) is 9.47 Å². The largest absolute Gasteiger partial charge is 0.494 e. The van der Waals surface area contributed by atoms with E-state index in [0.717, 1.165) is 0 Å². The highest BCUT2D eigenvalue weighted by Gasteiger charge is 2.09. The molecule has 11 heavy (non-hydrogen) atoms. The molecule has 0 amide bonds. The van der Waals surface area contributed by atoms with Gasteiger partial charge in [-0.15, -0.1) is 4.52 Å². The summed E-state index contributed by atoms with van der Waals surface area (Å²) in [7, 11) is -0.751. The van der Waals surface area contributed by atoms with Gasteiger partial charge in [0.15, 0.2) is 12.9 Å². The second-order valence-electron chi connectivity index (χ2n) is 1.73. The number of hydrogen-bond acceptors (Lipinski definition) is 4. The minimum absolute atomic E-state index is 0.226. The summed E-state index contributed by atoms with van der Waals surface area (Å²) in [5.74, 6) is 0. The van der Waals surface area contributed by atoms with E-state index in [1.807, 2.05) is 13.8 Å². The lowest BCUT2D eigenvalue weighted by molar-refractivity contribution is -0.151. The molecule has 0 bridgehead atoms. The molecule has 0 aromatic heterocycles. The molecular formula is C6H14O4P+. The average molecular weight is 181 g/mol. The Hall–Kier alpha value is -0.0200. The number of ether oxygens (including phenoxy) is 2. The summed E-state index contributed by atoms with van der Waals surface area (Å²) < 4.78 is 24.8. The third kappa shape index (κ3) is 6.38. The Bertz CT molecular complexity index is 92.6. The SMILES string of the molecule is CCOC(CO[PH+]=O)OCC. The predicted octanol–water partition coefficient (Wildman–Crippen LogP) is 1.34. The molecule has 0 spiro atoms. The number of rotatable bonds is 7. The van der Waals surface area contributed by atoms with Gasteiger partial charge in [-0.25, -0.2) is 0 Å². The molecule has 0 rings (SSSR count). The molecule has 5 heteroatoms. The lowest BCUT2D eigenvalue weighted by atomic mass is 10.6. The molecule has 0 saturated carbocycles. The second-order valence-corrected chi connectivity index (χ2v) is 2.19. The van der Waals surface area contributed by atoms with Crippen LogP contribution in [0.4, 0.5) is 0 Å². The van der Waals surface area contributed by atoms with Crippen LogP contribution in [0.5, 0.6) is 0 Å². The number of hydrogen-bond donors (Lipinski definition) is 0. The Morgan fingerprint density at radius 2 is 1.82 bits per heavy atom. The zero-order valence-electron chi connectivity index (χ0n) is 6.83. The van der Waals surface area contributed by atoms with Crippen molar-refractivity contribution in [3.8, 4) is 0 Å². The molecule has 1 atom stereocenters. The van der Waals surface area contributed by atoms with Gasteiger partial charge in [0, 0.05) is 13.2 Å². The molecule has 0 fully saturated rings. The Morgan fingerprint density at radius 3 is 2.18 bits per heavy atom. The molecule has 0 aliphatic heterocycles. The topological polar surface area (TPSA) is 44.8 Å². The van der Waals surface area contributed by atoms with Gasteiger partial charge in [0.25, 0.3) is 0 Å². The minimum Gasteiger partial charge on any atom is -0.350 e. The molecule has 0 radical (unpaired) electrons. The van der Waals surface area contributed by atoms with Gasteiger partial charge in [-0.1, -0.05) is 0 Å². The summed E-state index contributed by atoms with van der Waals surface area (Å²) in [5.41, 5.74) is 0. The Morgan fingerprint density at radius 1 is 1.27 bits per heavy atom. The van der Waals surface area contributed by atoms with Crippen molar-refractivity contribution < 1.29 is 18.6 Å². The van der Waals surface area contributed by atoms with E-state index in [0.29, 0.717) is 13.2 Å². The maximum absolute atomic E-state index is 9.94. The van der Waals surface area contributed by atoms with Crippen LogP contribution in [0.15, 0.2) is 0 Å². The van der Waals surface area contributed by atoms with E-state index in [9.17, 15) is 4.57 Å². The Balaban J connectivity index is 3.41. The summed E-state index contributed by atoms with van der Waals surface area (Å²) in [6.45, 7) is 5.09. The van der Waals surface area contributed by atoms with Crippen LogP contribution in [-0.4, -0.2) is 26.1 Å². The first-order valence-corrected chi connectivity index (χ1v) is 4.38. The quantitative estimate of drug-likeness (QED) is 0.439. The molecule has 4 nitrogen and oxygen atoms in total. The van der Waals surface area contributed by atoms with Crippen LogP contribution in [0.1, 0.15) is 13.8 Å². The highest BCUT2D eigenvalue weighted by Crippen LogP contribution is 2.01. The summed E-state index contributed by atoms with van der Waals surface area (Å²) in [6, 6.07) is 0. The van der Waals surface area contributed by atoms with Crippen molar-refractivity contribution in [3.63, 3.8) is 0 Å². The van der Waals surface area contributed by atoms with Gasteiger partial charge < -0.3 is 9.47 Å². The van der Waals surface area contributed by atoms with Crippen molar-refractivity contribution in [2.24, 2.45) is 0 Å². The smallest absolute Gasteiger partial charge is 0.350 e. The lowest BCUT2D eigenvalue weighted by Gasteiger charge is -2.12. The molecule has 0 heterocycles. The van der Waals surface area contributed by atoms with Crippen LogP contribution >= 0.6 is 8.69 Å². The first kappa shape index (κ1) is 11.0. The van der Waals surface area contributed by atoms with Gasteiger partial charge in [-0.05, 0) is 18.4 Å². The maximum Gasteiger partial charge on any atom is 0.494 e. The lowest BCUT2D eigenvalue weighted by Crippen LogP contribution is -2.21. The third-order valence-corrected chi connectivity index (χ3v) is 1.27. The molecule has 66 valence electrons. The van der Waals surface area contributed by atoms with Gasteiger partial charge in [0.1, 0.15) is 0 Å². The van der Waals surface area contributed by atoms with E-state index in [1.165, 1.54) is 0 Å². The van der Waals surface area contributed by atoms with Crippen LogP contribution in [0, 0.1) is 0 Å². The van der Waals surface area contributed by atoms with Gasteiger partial charge in [0.2, 0.25) is 0 Å². The van der Waals surface area contributed by atoms with Crippen molar-refractivity contribution in [1.29, 1.82) is 0 Å². The van der Waals surface area contributed by atoms with Crippen molar-refractivity contribution >= 4 is 8.69 Å². The van der Waals surface area contributed by atoms with Crippen LogP contribution in [0.25, 0.3) is 0 Å². The monoisotopic (exact) mass is 181 g/mol. The molecule has 0 aliphatic rings. The first-order valence-electron chi connectivity index (χ1n) is 3.57. The predicted molar refractivity (Wildman–Crippen MR) is 42.0 cm³/mol. The fourth-order valence-electron chi connectivity index (χ4n) is 0.618. The van der Waals surface area contributed by atoms with Gasteiger partial charge >= 0.3 is 8.69 Å². The second kappa shape index (κ2) is 8.08. The zero-order valence-corrected chi connectivity index (χ0v) is 7.83. The van der Waals surface area contributed by atoms with E-state index in [2.05, 4.69) is 4.52 Å². The summed E-state index contributed by atoms with van der Waals surface area (Å²) >= 11 is 0. The average Bonchev–Trinajstić information content (AvgIpc) is 2.01. The Labute approximate surface area is 68.1 Å². The van der Waals surface area contributed by atoms with Crippen LogP contribution in [0.3, 0.4) is 0 Å². The summed E-state index contributed by atoms with van der Waals surface area (Å²) in [6.07, 6.45) is -0.383. The standard InChI is InChI=1S/C6H14O4P/c1-3-8-6(9-4-2)5-10-11-7/h6,11H,3-5H2,1-2H3/q+1. The van der Waals surface area contributed by atoms with E-state index in [-0.39, 0.29) is 12.9 Å². The fourth-order valence-corrected chi connectivity index (χ4v) is 0.822. The zero-order chi connectivity index (χ0) is 8.53. The van der Waals surface area contributed by atoms with Crippen molar-refractivity contribution in [2.45, 2.75) is 20.1 Å². The molecule has 1 unspecified atom stereocenters. The van der Waals surface area contributed by atoms with Gasteiger partial charge in [-0.3, -0.25) is 0 Å². The first-order chi connectivity index (χ1) is 5.35. The van der Waals surface area contributed by atoms with Crippen molar-refractivity contribution in [1.82, 2.24) is 0 Å². The van der Waals surface area contributed by atoms with E-state index in [1.54, 1.807) is 0 Å². The molecule has 0 aliphatic carbocycles. The van der Waals surface area contributed by atoms with E-state index >= 15 is 0 Å². The summed E-state index contributed by atoms with van der Waals surface area (Å²) in [4.78, 5) is 0. The normalized spacial score (nSPS) is 11.2. The Kier molecular flexibility index (Phi) is 8.07. The molecule has 0 aromatic rings. The minimum atomic E-state index is -0.751. The molecule has 0 aromatic carbocycles. The van der Waals surface area contributed by atoms with Crippen LogP contribution in [-0.2, 0) is 18.6 Å². The maximum atomic E-state index is 9.94. The molecular weight excluding hydrogens is 167 g/mol. The van der Waals surface area contributed by atoms with Crippen LogP contribution in [0.2, 0.25) is 0 Å². The van der Waals surface area contributed by atoms with Crippen molar-refractivity contribution in [3.05, 3.63) is 0 Å². The van der Waals surface area contributed by atoms with Gasteiger partial charge in [-0.2, -0.15) is 0 Å². The highest BCUT2D eigenvalue weighted by molar-refractivity contribution is 7.17. The summed E-state index contributed by atoms with van der Waals surface area (Å²) in [5, 5.41) is 0. The van der Waals surface area contributed by atoms with E-state index < -0.39 is 8.69 Å². The highest BCUT2D eigenvalue weighted by atomic mass is 31.1. The molecule has 0 N–H and O–H groups in total. The third-order valence-electron chi connectivity index (χ3n) is 0.983. The molecule has 0 saturated heterocycles.